The first-order valence-corrected chi connectivity index (χ1v) is 14.4. The summed E-state index contributed by atoms with van der Waals surface area (Å²) in [5.41, 5.74) is 4.43. The first-order valence-electron chi connectivity index (χ1n) is 13.6. The van der Waals surface area contributed by atoms with Gasteiger partial charge in [-0.3, -0.25) is 4.79 Å². The van der Waals surface area contributed by atoms with E-state index in [1.807, 2.05) is 0 Å². The predicted molar refractivity (Wildman–Crippen MR) is 151 cm³/mol. The van der Waals surface area contributed by atoms with Crippen LogP contribution in [0.15, 0.2) is 58.4 Å². The molecular formula is C29H38N4O3S. The molecule has 2 atom stereocenters. The van der Waals surface area contributed by atoms with Crippen molar-refractivity contribution in [1.29, 1.82) is 0 Å². The van der Waals surface area contributed by atoms with Crippen molar-refractivity contribution >= 4 is 33.4 Å². The topological polar surface area (TPSA) is 75.5 Å². The molecule has 4 heterocycles. The van der Waals surface area contributed by atoms with Crippen LogP contribution in [0.4, 0.5) is 5.69 Å². The van der Waals surface area contributed by atoms with Crippen LogP contribution in [-0.2, 0) is 14.3 Å². The van der Waals surface area contributed by atoms with Crippen molar-refractivity contribution in [3.8, 4) is 0 Å². The Hall–Kier alpha value is -2.42. The van der Waals surface area contributed by atoms with Gasteiger partial charge in [0.05, 0.1) is 0 Å². The van der Waals surface area contributed by atoms with Crippen molar-refractivity contribution in [1.82, 2.24) is 5.32 Å². The van der Waals surface area contributed by atoms with Gasteiger partial charge in [-0.15, -0.1) is 0 Å². The number of benzene rings is 1. The monoisotopic (exact) mass is 522 g/mol. The normalized spacial score (nSPS) is 27.0. The highest BCUT2D eigenvalue weighted by molar-refractivity contribution is 8.29. The van der Waals surface area contributed by atoms with Crippen LogP contribution >= 0.6 is 11.8 Å². The number of para-hydroxylation sites is 1. The van der Waals surface area contributed by atoms with E-state index in [2.05, 4.69) is 53.0 Å². The number of nitrogens with one attached hydrogen (secondary N) is 1. The van der Waals surface area contributed by atoms with Gasteiger partial charge in [-0.25, -0.2) is 9.98 Å². The summed E-state index contributed by atoms with van der Waals surface area (Å²) in [6.45, 7) is 9.98. The molecule has 2 fully saturated rings. The van der Waals surface area contributed by atoms with E-state index in [1.54, 1.807) is 0 Å². The van der Waals surface area contributed by atoms with E-state index < -0.39 is 0 Å². The average molecular weight is 523 g/mol. The van der Waals surface area contributed by atoms with Crippen LogP contribution in [0.3, 0.4) is 0 Å². The number of thioether (sulfide) groups is 1. The molecule has 1 aromatic carbocycles. The molecule has 0 radical (unpaired) electrons. The molecule has 0 spiro atoms. The van der Waals surface area contributed by atoms with Crippen LogP contribution in [-0.4, -0.2) is 55.0 Å². The molecule has 0 bridgehead atoms. The van der Waals surface area contributed by atoms with Crippen molar-refractivity contribution in [3.63, 3.8) is 0 Å². The number of amides is 1. The summed E-state index contributed by atoms with van der Waals surface area (Å²) in [7, 11) is 0. The molecule has 0 aliphatic carbocycles. The number of hydrogen-bond donors (Lipinski definition) is 1. The number of carbonyl (C=O) groups excluding carboxylic acids is 1. The predicted octanol–water partition coefficient (Wildman–Crippen LogP) is 5.40. The van der Waals surface area contributed by atoms with E-state index in [9.17, 15) is 4.79 Å². The molecule has 1 aromatic rings. The van der Waals surface area contributed by atoms with E-state index in [4.69, 9.17) is 14.5 Å². The van der Waals surface area contributed by atoms with Gasteiger partial charge in [0.15, 0.2) is 5.04 Å². The van der Waals surface area contributed by atoms with Gasteiger partial charge >= 0.3 is 0 Å². The number of allylic oxidation sites excluding steroid dienone is 1. The average Bonchev–Trinajstić information content (AvgIpc) is 3.40. The molecule has 198 valence electrons. The zero-order valence-electron chi connectivity index (χ0n) is 21.8. The van der Waals surface area contributed by atoms with Gasteiger partial charge in [0, 0.05) is 62.5 Å². The Bertz CT molecular complexity index is 1080. The van der Waals surface area contributed by atoms with E-state index in [0.717, 1.165) is 55.0 Å². The second-order valence-corrected chi connectivity index (χ2v) is 11.3. The quantitative estimate of drug-likeness (QED) is 0.519. The first kappa shape index (κ1) is 26.2. The van der Waals surface area contributed by atoms with Crippen molar-refractivity contribution in [2.75, 3.05) is 37.9 Å². The number of nitrogens with zero attached hydrogens (tertiary/aromatic N) is 3. The maximum atomic E-state index is 13.0. The Morgan fingerprint density at radius 2 is 1.95 bits per heavy atom. The zero-order valence-corrected chi connectivity index (χ0v) is 22.6. The fraction of sp³-hybridized carbons (Fsp3) is 0.552. The molecule has 4 aliphatic heterocycles. The molecule has 37 heavy (non-hydrogen) atoms. The molecule has 0 saturated carbocycles. The van der Waals surface area contributed by atoms with Crippen LogP contribution in [0.25, 0.3) is 0 Å². The maximum Gasteiger partial charge on any atom is 0.277 e. The number of rotatable bonds is 7. The summed E-state index contributed by atoms with van der Waals surface area (Å²) in [6.07, 6.45) is 9.22. The minimum absolute atomic E-state index is 0.129. The van der Waals surface area contributed by atoms with Gasteiger partial charge in [-0.2, -0.15) is 0 Å². The third-order valence-electron chi connectivity index (χ3n) is 7.88. The number of fused-ring (bicyclic) bond motifs is 1. The second kappa shape index (κ2) is 12.4. The Morgan fingerprint density at radius 3 is 2.78 bits per heavy atom. The largest absolute Gasteiger partial charge is 0.381 e. The molecule has 4 aliphatic rings. The summed E-state index contributed by atoms with van der Waals surface area (Å²) in [5, 5.41) is 4.30. The minimum Gasteiger partial charge on any atom is -0.381 e. The number of hydrogen-bond acceptors (Lipinski definition) is 7. The number of ether oxygens (including phenoxy) is 2. The van der Waals surface area contributed by atoms with Gasteiger partial charge in [0.25, 0.3) is 5.91 Å². The molecule has 1 N–H and O–H groups in total. The van der Waals surface area contributed by atoms with Crippen LogP contribution in [0.1, 0.15) is 63.4 Å². The summed E-state index contributed by atoms with van der Waals surface area (Å²) in [6, 6.07) is 8.85. The molecule has 8 heteroatoms. The first-order chi connectivity index (χ1) is 18.1. The van der Waals surface area contributed by atoms with E-state index in [-0.39, 0.29) is 11.9 Å². The lowest BCUT2D eigenvalue weighted by Gasteiger charge is -2.22. The fourth-order valence-corrected chi connectivity index (χ4v) is 6.68. The van der Waals surface area contributed by atoms with Crippen molar-refractivity contribution in [2.45, 2.75) is 63.8 Å². The van der Waals surface area contributed by atoms with Crippen molar-refractivity contribution < 1.29 is 14.3 Å². The van der Waals surface area contributed by atoms with Gasteiger partial charge in [-0.1, -0.05) is 24.8 Å². The van der Waals surface area contributed by atoms with Crippen LogP contribution in [0.5, 0.6) is 0 Å². The Balaban J connectivity index is 1.35. The highest BCUT2D eigenvalue weighted by Crippen LogP contribution is 2.43. The zero-order chi connectivity index (χ0) is 25.6. The summed E-state index contributed by atoms with van der Waals surface area (Å²) < 4.78 is 11.1. The lowest BCUT2D eigenvalue weighted by atomic mass is 9.88. The van der Waals surface area contributed by atoms with Crippen molar-refractivity contribution in [3.05, 3.63) is 54.0 Å². The fourth-order valence-electron chi connectivity index (χ4n) is 5.79. The highest BCUT2D eigenvalue weighted by atomic mass is 32.2. The van der Waals surface area contributed by atoms with Crippen molar-refractivity contribution in [2.24, 2.45) is 15.9 Å². The summed E-state index contributed by atoms with van der Waals surface area (Å²) in [4.78, 5) is 24.7. The summed E-state index contributed by atoms with van der Waals surface area (Å²) in [5.74, 6) is 1.09. The molecule has 1 amide bonds. The molecule has 2 saturated heterocycles. The van der Waals surface area contributed by atoms with Crippen LogP contribution in [0.2, 0.25) is 0 Å². The third-order valence-corrected chi connectivity index (χ3v) is 8.84. The van der Waals surface area contributed by atoms with Crippen LogP contribution < -0.4 is 10.2 Å². The summed E-state index contributed by atoms with van der Waals surface area (Å²) >= 11 is 1.33. The molecule has 5 rings (SSSR count). The number of carbonyl (C=O) groups is 1. The Labute approximate surface area is 224 Å². The molecule has 2 unspecified atom stereocenters. The number of anilines is 1. The van der Waals surface area contributed by atoms with Crippen LogP contribution in [0, 0.1) is 5.92 Å². The highest BCUT2D eigenvalue weighted by Gasteiger charge is 2.34. The number of aliphatic imine (C=N–C) groups is 2. The SMILES string of the molecule is C=CN=C1SC(C(=O)NC2CCOCC2)=N/C1=C(/C)N1CC(CCC2CCCOCC2)c2ccccc21. The standard InChI is InChI=1S/C29H38N4O3S/c1-3-30-28-26(32-29(37-28)27(34)31-23-13-17-36-18-14-23)20(2)33-19-22(24-8-4-5-9-25(24)33)11-10-21-7-6-15-35-16-12-21/h3-5,8-9,21-23H,1,6-7,10-19H2,2H3,(H,31,34)/b26-20-,30-28?. The Morgan fingerprint density at radius 1 is 1.16 bits per heavy atom. The van der Waals surface area contributed by atoms with Gasteiger partial charge < -0.3 is 19.7 Å². The van der Waals surface area contributed by atoms with E-state index in [0.29, 0.717) is 24.2 Å². The van der Waals surface area contributed by atoms with Gasteiger partial charge in [-0.05, 0) is 81.2 Å². The second-order valence-electron chi connectivity index (χ2n) is 10.3. The molecule has 7 nitrogen and oxygen atoms in total. The Kier molecular flexibility index (Phi) is 8.79. The maximum absolute atomic E-state index is 13.0. The van der Waals surface area contributed by atoms with E-state index in [1.165, 1.54) is 61.3 Å². The third kappa shape index (κ3) is 6.19. The van der Waals surface area contributed by atoms with E-state index >= 15 is 0 Å². The molecule has 0 aromatic heterocycles. The van der Waals surface area contributed by atoms with Gasteiger partial charge in [0.2, 0.25) is 0 Å². The molecular weight excluding hydrogens is 484 g/mol. The lowest BCUT2D eigenvalue weighted by Crippen LogP contribution is -2.41. The van der Waals surface area contributed by atoms with Gasteiger partial charge in [0.1, 0.15) is 10.7 Å². The minimum atomic E-state index is -0.136. The lowest BCUT2D eigenvalue weighted by molar-refractivity contribution is -0.115. The smallest absolute Gasteiger partial charge is 0.277 e.